The van der Waals surface area contributed by atoms with Crippen molar-refractivity contribution < 1.29 is 9.53 Å². The molecule has 0 bridgehead atoms. The number of hydrogen-bond donors (Lipinski definition) is 3. The molecule has 1 saturated carbocycles. The molecule has 5 heteroatoms. The molecule has 0 aromatic rings. The molecular formula is C13H27N3O2. The first-order chi connectivity index (χ1) is 8.37. The SMILES string of the molecule is CC(C)(C)OC(=O)NCCNC1CCC(N)CC1. The monoisotopic (exact) mass is 257 g/mol. The van der Waals surface area contributed by atoms with Gasteiger partial charge in [0.1, 0.15) is 5.60 Å². The maximum atomic E-state index is 11.4. The molecule has 1 aliphatic rings. The van der Waals surface area contributed by atoms with Crippen molar-refractivity contribution in [2.24, 2.45) is 5.73 Å². The van der Waals surface area contributed by atoms with E-state index in [2.05, 4.69) is 10.6 Å². The number of nitrogens with two attached hydrogens (primary N) is 1. The maximum absolute atomic E-state index is 11.4. The van der Waals surface area contributed by atoms with Crippen LogP contribution >= 0.6 is 0 Å². The molecule has 0 unspecified atom stereocenters. The lowest BCUT2D eigenvalue weighted by molar-refractivity contribution is 0.0527. The van der Waals surface area contributed by atoms with Gasteiger partial charge >= 0.3 is 6.09 Å². The van der Waals surface area contributed by atoms with Crippen molar-refractivity contribution in [3.63, 3.8) is 0 Å². The first kappa shape index (κ1) is 15.2. The lowest BCUT2D eigenvalue weighted by Crippen LogP contribution is -2.41. The Morgan fingerprint density at radius 3 is 2.39 bits per heavy atom. The van der Waals surface area contributed by atoms with E-state index in [0.717, 1.165) is 32.2 Å². The van der Waals surface area contributed by atoms with E-state index in [9.17, 15) is 4.79 Å². The van der Waals surface area contributed by atoms with E-state index in [0.29, 0.717) is 18.6 Å². The third-order valence-corrected chi connectivity index (χ3v) is 3.00. The highest BCUT2D eigenvalue weighted by Gasteiger charge is 2.18. The van der Waals surface area contributed by atoms with Gasteiger partial charge in [-0.25, -0.2) is 4.79 Å². The predicted molar refractivity (Wildman–Crippen MR) is 72.5 cm³/mol. The lowest BCUT2D eigenvalue weighted by Gasteiger charge is -2.27. The summed E-state index contributed by atoms with van der Waals surface area (Å²) in [5.74, 6) is 0. The molecule has 18 heavy (non-hydrogen) atoms. The lowest BCUT2D eigenvalue weighted by atomic mass is 9.92. The summed E-state index contributed by atoms with van der Waals surface area (Å²) in [6.45, 7) is 6.94. The third kappa shape index (κ3) is 6.81. The Bertz CT molecular complexity index is 255. The molecular weight excluding hydrogens is 230 g/mol. The first-order valence-electron chi connectivity index (χ1n) is 6.82. The van der Waals surface area contributed by atoms with Crippen molar-refractivity contribution in [1.29, 1.82) is 0 Å². The second kappa shape index (κ2) is 6.95. The summed E-state index contributed by atoms with van der Waals surface area (Å²) in [6.07, 6.45) is 4.10. The minimum atomic E-state index is -0.434. The molecule has 1 aliphatic carbocycles. The van der Waals surface area contributed by atoms with Gasteiger partial charge < -0.3 is 21.1 Å². The molecule has 1 rings (SSSR count). The summed E-state index contributed by atoms with van der Waals surface area (Å²) < 4.78 is 5.15. The maximum Gasteiger partial charge on any atom is 0.407 e. The fourth-order valence-corrected chi connectivity index (χ4v) is 2.08. The van der Waals surface area contributed by atoms with Crippen molar-refractivity contribution in [2.75, 3.05) is 13.1 Å². The van der Waals surface area contributed by atoms with Crippen LogP contribution in [0.4, 0.5) is 4.79 Å². The van der Waals surface area contributed by atoms with Crippen molar-refractivity contribution >= 4 is 6.09 Å². The Kier molecular flexibility index (Phi) is 5.88. The number of amides is 1. The molecule has 0 aromatic heterocycles. The fourth-order valence-electron chi connectivity index (χ4n) is 2.08. The van der Waals surface area contributed by atoms with Crippen molar-refractivity contribution in [1.82, 2.24) is 10.6 Å². The van der Waals surface area contributed by atoms with Crippen LogP contribution in [0.1, 0.15) is 46.5 Å². The van der Waals surface area contributed by atoms with Crippen LogP contribution in [-0.2, 0) is 4.74 Å². The summed E-state index contributed by atoms with van der Waals surface area (Å²) in [7, 11) is 0. The van der Waals surface area contributed by atoms with Gasteiger partial charge in [-0.05, 0) is 46.5 Å². The first-order valence-corrected chi connectivity index (χ1v) is 6.82. The smallest absolute Gasteiger partial charge is 0.407 e. The predicted octanol–water partition coefficient (Wildman–Crippen LogP) is 1.37. The molecule has 5 nitrogen and oxygen atoms in total. The highest BCUT2D eigenvalue weighted by molar-refractivity contribution is 5.67. The summed E-state index contributed by atoms with van der Waals surface area (Å²) >= 11 is 0. The van der Waals surface area contributed by atoms with E-state index >= 15 is 0 Å². The van der Waals surface area contributed by atoms with Crippen molar-refractivity contribution in [3.8, 4) is 0 Å². The van der Waals surface area contributed by atoms with Crippen molar-refractivity contribution in [3.05, 3.63) is 0 Å². The number of carbonyl (C=O) groups excluding carboxylic acids is 1. The van der Waals surface area contributed by atoms with Gasteiger partial charge in [0.15, 0.2) is 0 Å². The van der Waals surface area contributed by atoms with E-state index in [1.165, 1.54) is 0 Å². The number of ether oxygens (including phenoxy) is 1. The van der Waals surface area contributed by atoms with Crippen LogP contribution < -0.4 is 16.4 Å². The molecule has 106 valence electrons. The fraction of sp³-hybridized carbons (Fsp3) is 0.923. The minimum Gasteiger partial charge on any atom is -0.444 e. The summed E-state index contributed by atoms with van der Waals surface area (Å²) in [5.41, 5.74) is 5.42. The van der Waals surface area contributed by atoms with Crippen molar-refractivity contribution in [2.45, 2.75) is 64.1 Å². The molecule has 1 fully saturated rings. The Labute approximate surface area is 110 Å². The zero-order valence-electron chi connectivity index (χ0n) is 11.8. The molecule has 0 spiro atoms. The van der Waals surface area contributed by atoms with E-state index in [4.69, 9.17) is 10.5 Å². The van der Waals surface area contributed by atoms with Gasteiger partial charge in [-0.2, -0.15) is 0 Å². The van der Waals surface area contributed by atoms with Gasteiger partial charge in [-0.15, -0.1) is 0 Å². The molecule has 0 aromatic carbocycles. The summed E-state index contributed by atoms with van der Waals surface area (Å²) in [5, 5.41) is 6.17. The van der Waals surface area contributed by atoms with Crippen LogP contribution in [0.3, 0.4) is 0 Å². The molecule has 1 amide bonds. The second-order valence-corrected chi connectivity index (χ2v) is 5.99. The number of hydrogen-bond acceptors (Lipinski definition) is 4. The van der Waals surface area contributed by atoms with E-state index in [-0.39, 0.29) is 6.09 Å². The van der Waals surface area contributed by atoms with Gasteiger partial charge in [-0.3, -0.25) is 0 Å². The Balaban J connectivity index is 2.03. The van der Waals surface area contributed by atoms with Gasteiger partial charge in [0.2, 0.25) is 0 Å². The highest BCUT2D eigenvalue weighted by Crippen LogP contribution is 2.16. The Hall–Kier alpha value is -0.810. The number of nitrogens with one attached hydrogen (secondary N) is 2. The van der Waals surface area contributed by atoms with Crippen LogP contribution in [0.5, 0.6) is 0 Å². The van der Waals surface area contributed by atoms with Crippen LogP contribution in [0.25, 0.3) is 0 Å². The average molecular weight is 257 g/mol. The van der Waals surface area contributed by atoms with E-state index in [1.807, 2.05) is 20.8 Å². The molecule has 4 N–H and O–H groups in total. The molecule has 0 saturated heterocycles. The molecule has 0 radical (unpaired) electrons. The highest BCUT2D eigenvalue weighted by atomic mass is 16.6. The van der Waals surface area contributed by atoms with Crippen LogP contribution in [0, 0.1) is 0 Å². The standard InChI is InChI=1S/C13H27N3O2/c1-13(2,3)18-12(17)16-9-8-15-11-6-4-10(14)5-7-11/h10-11,15H,4-9,14H2,1-3H3,(H,16,17). The normalized spacial score (nSPS) is 24.7. The van der Waals surface area contributed by atoms with Gasteiger partial charge in [0.25, 0.3) is 0 Å². The zero-order valence-corrected chi connectivity index (χ0v) is 11.8. The van der Waals surface area contributed by atoms with Crippen LogP contribution in [0.2, 0.25) is 0 Å². The van der Waals surface area contributed by atoms with Crippen LogP contribution in [-0.4, -0.2) is 36.9 Å². The quantitative estimate of drug-likeness (QED) is 0.665. The summed E-state index contributed by atoms with van der Waals surface area (Å²) in [4.78, 5) is 11.4. The Morgan fingerprint density at radius 1 is 1.22 bits per heavy atom. The average Bonchev–Trinajstić information content (AvgIpc) is 2.24. The largest absolute Gasteiger partial charge is 0.444 e. The number of carbonyl (C=O) groups is 1. The van der Waals surface area contributed by atoms with Crippen LogP contribution in [0.15, 0.2) is 0 Å². The van der Waals surface area contributed by atoms with E-state index in [1.54, 1.807) is 0 Å². The van der Waals surface area contributed by atoms with Gasteiger partial charge in [0.05, 0.1) is 0 Å². The van der Waals surface area contributed by atoms with Gasteiger partial charge in [0, 0.05) is 25.2 Å². The minimum absolute atomic E-state index is 0.352. The topological polar surface area (TPSA) is 76.4 Å². The van der Waals surface area contributed by atoms with Gasteiger partial charge in [-0.1, -0.05) is 0 Å². The number of rotatable bonds is 4. The zero-order chi connectivity index (χ0) is 13.6. The molecule has 0 aliphatic heterocycles. The van der Waals surface area contributed by atoms with E-state index < -0.39 is 5.60 Å². The number of alkyl carbamates (subject to hydrolysis) is 1. The summed E-state index contributed by atoms with van der Waals surface area (Å²) in [6, 6.07) is 0.924. The third-order valence-electron chi connectivity index (χ3n) is 3.00. The second-order valence-electron chi connectivity index (χ2n) is 5.99. The molecule has 0 heterocycles. The Morgan fingerprint density at radius 2 is 1.83 bits per heavy atom. The molecule has 0 atom stereocenters.